The summed E-state index contributed by atoms with van der Waals surface area (Å²) in [7, 11) is 0. The number of piperidine rings is 1. The molecule has 5 heteroatoms. The van der Waals surface area contributed by atoms with E-state index < -0.39 is 0 Å². The van der Waals surface area contributed by atoms with Crippen LogP contribution in [0.3, 0.4) is 0 Å². The zero-order chi connectivity index (χ0) is 17.8. The van der Waals surface area contributed by atoms with Crippen LogP contribution in [-0.4, -0.2) is 39.3 Å². The maximum atomic E-state index is 9.84. The highest BCUT2D eigenvalue weighted by Gasteiger charge is 2.24. The average Bonchev–Trinajstić information content (AvgIpc) is 3.12. The molecular weight excluding hydrogens is 326 g/mol. The maximum Gasteiger partial charge on any atom is 0.240 e. The third-order valence-corrected chi connectivity index (χ3v) is 4.85. The van der Waals surface area contributed by atoms with Gasteiger partial charge in [0.2, 0.25) is 5.89 Å². The van der Waals surface area contributed by atoms with Crippen LogP contribution in [-0.2, 0) is 6.54 Å². The van der Waals surface area contributed by atoms with E-state index in [4.69, 9.17) is 4.52 Å². The van der Waals surface area contributed by atoms with E-state index in [0.717, 1.165) is 30.5 Å². The van der Waals surface area contributed by atoms with Gasteiger partial charge in [-0.15, -0.1) is 0 Å². The summed E-state index contributed by atoms with van der Waals surface area (Å²) in [5.74, 6) is 1.22. The Hall–Kier alpha value is -2.50. The van der Waals surface area contributed by atoms with Gasteiger partial charge in [-0.2, -0.15) is 4.98 Å². The molecule has 1 aliphatic rings. The molecule has 1 N–H and O–H groups in total. The van der Waals surface area contributed by atoms with Crippen molar-refractivity contribution in [2.24, 2.45) is 0 Å². The van der Waals surface area contributed by atoms with Crippen molar-refractivity contribution < 1.29 is 9.63 Å². The molecule has 1 atom stereocenters. The van der Waals surface area contributed by atoms with Crippen LogP contribution in [0.4, 0.5) is 0 Å². The maximum absolute atomic E-state index is 9.84. The highest BCUT2D eigenvalue weighted by atomic mass is 16.5. The van der Waals surface area contributed by atoms with Gasteiger partial charge in [0, 0.05) is 6.54 Å². The lowest BCUT2D eigenvalue weighted by Gasteiger charge is -2.28. The average molecular weight is 349 g/mol. The molecule has 0 unspecified atom stereocenters. The Morgan fingerprint density at radius 2 is 1.69 bits per heavy atom. The predicted molar refractivity (Wildman–Crippen MR) is 98.6 cm³/mol. The number of rotatable bonds is 5. The first-order valence-corrected chi connectivity index (χ1v) is 9.12. The van der Waals surface area contributed by atoms with Crippen LogP contribution < -0.4 is 0 Å². The minimum absolute atomic E-state index is 0.0538. The molecule has 134 valence electrons. The fourth-order valence-electron chi connectivity index (χ4n) is 3.60. The van der Waals surface area contributed by atoms with Crippen LogP contribution in [0, 0.1) is 0 Å². The lowest BCUT2D eigenvalue weighted by molar-refractivity contribution is 0.0613. The summed E-state index contributed by atoms with van der Waals surface area (Å²) in [6, 6.07) is 20.5. The fraction of sp³-hybridized carbons (Fsp3) is 0.333. The van der Waals surface area contributed by atoms with Gasteiger partial charge in [0.05, 0.1) is 18.6 Å². The molecule has 1 fully saturated rings. The zero-order valence-corrected chi connectivity index (χ0v) is 14.7. The summed E-state index contributed by atoms with van der Waals surface area (Å²) in [5.41, 5.74) is 2.28. The zero-order valence-electron chi connectivity index (χ0n) is 14.7. The van der Waals surface area contributed by atoms with Gasteiger partial charge < -0.3 is 9.63 Å². The lowest BCUT2D eigenvalue weighted by Crippen LogP contribution is -2.37. The Labute approximate surface area is 153 Å². The van der Waals surface area contributed by atoms with Crippen molar-refractivity contribution in [3.63, 3.8) is 0 Å². The van der Waals surface area contributed by atoms with Crippen molar-refractivity contribution in [2.75, 3.05) is 13.1 Å². The number of aliphatic hydroxyl groups excluding tert-OH is 1. The summed E-state index contributed by atoms with van der Waals surface area (Å²) in [4.78, 5) is 6.85. The number of benzene rings is 2. The number of β-amino-alcohol motifs (C(OH)–C–C–N with tert-alkyl or cyclic N) is 1. The fourth-order valence-corrected chi connectivity index (χ4v) is 3.60. The number of aromatic nitrogens is 2. The molecule has 4 rings (SSSR count). The minimum Gasteiger partial charge on any atom is -0.392 e. The molecular formula is C21H23N3O2. The molecule has 1 aliphatic heterocycles. The Kier molecular flexibility index (Phi) is 5.09. The highest BCUT2D eigenvalue weighted by molar-refractivity contribution is 5.37. The highest BCUT2D eigenvalue weighted by Crippen LogP contribution is 2.30. The van der Waals surface area contributed by atoms with Gasteiger partial charge in [0.15, 0.2) is 5.82 Å². The summed E-state index contributed by atoms with van der Waals surface area (Å²) < 4.78 is 5.54. The predicted octanol–water partition coefficient (Wildman–Crippen LogP) is 3.21. The molecule has 0 radical (unpaired) electrons. The van der Waals surface area contributed by atoms with Gasteiger partial charge in [0.1, 0.15) is 0 Å². The van der Waals surface area contributed by atoms with E-state index in [9.17, 15) is 5.11 Å². The Balaban J connectivity index is 1.60. The van der Waals surface area contributed by atoms with Crippen LogP contribution in [0.25, 0.3) is 0 Å². The Morgan fingerprint density at radius 3 is 2.31 bits per heavy atom. The normalized spacial score (nSPS) is 18.3. The van der Waals surface area contributed by atoms with Crippen LogP contribution in [0.5, 0.6) is 0 Å². The number of nitrogens with zero attached hydrogens (tertiary/aromatic N) is 3. The summed E-state index contributed by atoms with van der Waals surface area (Å²) in [6.07, 6.45) is 1.61. The summed E-state index contributed by atoms with van der Waals surface area (Å²) in [6.45, 7) is 2.20. The number of hydrogen-bond donors (Lipinski definition) is 1. The number of aliphatic hydroxyl groups is 1. The molecule has 2 aromatic carbocycles. The molecule has 2 heterocycles. The van der Waals surface area contributed by atoms with Crippen molar-refractivity contribution in [2.45, 2.75) is 31.4 Å². The number of likely N-dealkylation sites (tertiary alicyclic amines) is 1. The summed E-state index contributed by atoms with van der Waals surface area (Å²) in [5, 5.41) is 14.1. The molecule has 26 heavy (non-hydrogen) atoms. The molecule has 0 spiro atoms. The van der Waals surface area contributed by atoms with Crippen molar-refractivity contribution in [3.05, 3.63) is 83.5 Å². The molecule has 3 aromatic rings. The van der Waals surface area contributed by atoms with Crippen LogP contribution >= 0.6 is 0 Å². The van der Waals surface area contributed by atoms with Crippen LogP contribution in [0.1, 0.15) is 41.6 Å². The largest absolute Gasteiger partial charge is 0.392 e. The second-order valence-electron chi connectivity index (χ2n) is 6.83. The quantitative estimate of drug-likeness (QED) is 0.766. The van der Waals surface area contributed by atoms with Gasteiger partial charge in [0.25, 0.3) is 0 Å². The first-order valence-electron chi connectivity index (χ1n) is 9.12. The van der Waals surface area contributed by atoms with Crippen molar-refractivity contribution in [1.29, 1.82) is 0 Å². The van der Waals surface area contributed by atoms with E-state index in [0.29, 0.717) is 24.8 Å². The molecule has 1 saturated heterocycles. The smallest absolute Gasteiger partial charge is 0.240 e. The van der Waals surface area contributed by atoms with E-state index in [-0.39, 0.29) is 12.0 Å². The van der Waals surface area contributed by atoms with Crippen molar-refractivity contribution in [1.82, 2.24) is 15.0 Å². The third-order valence-electron chi connectivity index (χ3n) is 4.85. The van der Waals surface area contributed by atoms with Crippen molar-refractivity contribution in [3.8, 4) is 0 Å². The van der Waals surface area contributed by atoms with E-state index in [1.54, 1.807) is 0 Å². The first-order chi connectivity index (χ1) is 12.8. The lowest BCUT2D eigenvalue weighted by atomic mass is 9.91. The second-order valence-corrected chi connectivity index (χ2v) is 6.83. The Bertz CT molecular complexity index is 780. The first kappa shape index (κ1) is 16.9. The van der Waals surface area contributed by atoms with Crippen LogP contribution in [0.2, 0.25) is 0 Å². The van der Waals surface area contributed by atoms with Gasteiger partial charge >= 0.3 is 0 Å². The van der Waals surface area contributed by atoms with Gasteiger partial charge in [-0.3, -0.25) is 4.90 Å². The molecule has 0 amide bonds. The standard InChI is InChI=1S/C21H23N3O2/c25-18-12-7-13-24(14-18)15-19-22-21(23-26-19)20(16-8-3-1-4-9-16)17-10-5-2-6-11-17/h1-6,8-11,18,20,25H,7,12-15H2/t18-/m0/s1. The monoisotopic (exact) mass is 349 g/mol. The number of hydrogen-bond acceptors (Lipinski definition) is 5. The van der Waals surface area contributed by atoms with E-state index in [1.165, 1.54) is 0 Å². The molecule has 0 saturated carbocycles. The van der Waals surface area contributed by atoms with Crippen molar-refractivity contribution >= 4 is 0 Å². The second kappa shape index (κ2) is 7.81. The topological polar surface area (TPSA) is 62.4 Å². The molecule has 1 aromatic heterocycles. The van der Waals surface area contributed by atoms with Gasteiger partial charge in [-0.25, -0.2) is 0 Å². The SMILES string of the molecule is O[C@H]1CCCN(Cc2nc(C(c3ccccc3)c3ccccc3)no2)C1. The third kappa shape index (κ3) is 3.84. The minimum atomic E-state index is -0.257. The molecule has 0 bridgehead atoms. The van der Waals surface area contributed by atoms with Gasteiger partial charge in [-0.05, 0) is 30.5 Å². The molecule has 0 aliphatic carbocycles. The summed E-state index contributed by atoms with van der Waals surface area (Å²) >= 11 is 0. The van der Waals surface area contributed by atoms with E-state index >= 15 is 0 Å². The molecule has 5 nitrogen and oxygen atoms in total. The van der Waals surface area contributed by atoms with E-state index in [2.05, 4.69) is 39.3 Å². The van der Waals surface area contributed by atoms with Crippen LogP contribution in [0.15, 0.2) is 65.2 Å². The van der Waals surface area contributed by atoms with E-state index in [1.807, 2.05) is 36.4 Å². The Morgan fingerprint density at radius 1 is 1.04 bits per heavy atom. The van der Waals surface area contributed by atoms with Gasteiger partial charge in [-0.1, -0.05) is 65.8 Å².